The van der Waals surface area contributed by atoms with Gasteiger partial charge in [0.15, 0.2) is 0 Å². The van der Waals surface area contributed by atoms with Crippen LogP contribution in [0.3, 0.4) is 0 Å². The van der Waals surface area contributed by atoms with E-state index >= 15 is 0 Å². The van der Waals surface area contributed by atoms with Gasteiger partial charge >= 0.3 is 0 Å². The first-order valence-electron chi connectivity index (χ1n) is 7.40. The van der Waals surface area contributed by atoms with Crippen molar-refractivity contribution in [3.63, 3.8) is 0 Å². The Balaban J connectivity index is 2.12. The summed E-state index contributed by atoms with van der Waals surface area (Å²) in [6.07, 6.45) is 1.48. The highest BCUT2D eigenvalue weighted by Gasteiger charge is 2.21. The van der Waals surface area contributed by atoms with Gasteiger partial charge in [0, 0.05) is 11.5 Å². The van der Waals surface area contributed by atoms with E-state index in [0.717, 1.165) is 5.01 Å². The molecule has 124 valence electrons. The van der Waals surface area contributed by atoms with Crippen molar-refractivity contribution in [2.75, 3.05) is 5.32 Å². The van der Waals surface area contributed by atoms with Crippen LogP contribution in [0.2, 0.25) is 0 Å². The van der Waals surface area contributed by atoms with Gasteiger partial charge in [-0.3, -0.25) is 4.79 Å². The number of thiazole rings is 1. The number of halogens is 1. The second kappa shape index (κ2) is 6.66. The molecule has 2 aromatic rings. The first-order valence-corrected chi connectivity index (χ1v) is 8.22. The zero-order chi connectivity index (χ0) is 17.2. The van der Waals surface area contributed by atoms with Crippen LogP contribution in [0.5, 0.6) is 5.75 Å². The van der Waals surface area contributed by atoms with E-state index in [4.69, 9.17) is 4.74 Å². The molecule has 1 aromatic heterocycles. The van der Waals surface area contributed by atoms with E-state index in [9.17, 15) is 9.18 Å². The molecule has 0 radical (unpaired) electrons. The van der Waals surface area contributed by atoms with Crippen molar-refractivity contribution >= 4 is 22.9 Å². The van der Waals surface area contributed by atoms with Crippen LogP contribution in [0.4, 0.5) is 10.1 Å². The largest absolute Gasteiger partial charge is 0.491 e. The Hall–Kier alpha value is -1.95. The molecule has 1 aromatic carbocycles. The topological polar surface area (TPSA) is 51.2 Å². The molecule has 0 spiro atoms. The smallest absolute Gasteiger partial charge is 0.267 e. The average molecular weight is 336 g/mol. The van der Waals surface area contributed by atoms with Gasteiger partial charge in [0.1, 0.15) is 16.4 Å². The van der Waals surface area contributed by atoms with Crippen molar-refractivity contribution in [1.82, 2.24) is 4.98 Å². The minimum Gasteiger partial charge on any atom is -0.491 e. The maximum atomic E-state index is 14.1. The van der Waals surface area contributed by atoms with Crippen molar-refractivity contribution in [3.05, 3.63) is 40.1 Å². The molecule has 2 rings (SSSR count). The Bertz CT molecular complexity index is 705. The van der Waals surface area contributed by atoms with Crippen LogP contribution >= 0.6 is 11.3 Å². The molecule has 0 atom stereocenters. The number of anilines is 1. The zero-order valence-corrected chi connectivity index (χ0v) is 14.8. The van der Waals surface area contributed by atoms with Gasteiger partial charge in [-0.1, -0.05) is 20.8 Å². The summed E-state index contributed by atoms with van der Waals surface area (Å²) < 4.78 is 19.5. The van der Waals surface area contributed by atoms with Crippen LogP contribution in [0.1, 0.15) is 49.3 Å². The number of hydrogen-bond acceptors (Lipinski definition) is 4. The lowest BCUT2D eigenvalue weighted by Crippen LogP contribution is -2.12. The lowest BCUT2D eigenvalue weighted by Gasteiger charge is -2.13. The Morgan fingerprint density at radius 2 is 2.04 bits per heavy atom. The molecule has 4 nitrogen and oxygen atoms in total. The average Bonchev–Trinajstić information content (AvgIpc) is 2.90. The molecular formula is C17H21FN2O2S. The van der Waals surface area contributed by atoms with Crippen molar-refractivity contribution in [1.29, 1.82) is 0 Å². The molecule has 0 saturated heterocycles. The van der Waals surface area contributed by atoms with Crippen LogP contribution in [0.25, 0.3) is 0 Å². The third kappa shape index (κ3) is 4.51. The van der Waals surface area contributed by atoms with Gasteiger partial charge in [-0.25, -0.2) is 9.37 Å². The van der Waals surface area contributed by atoms with Gasteiger partial charge in [0.05, 0.1) is 23.0 Å². The molecule has 0 aliphatic rings. The van der Waals surface area contributed by atoms with Crippen LogP contribution in [-0.4, -0.2) is 17.0 Å². The fourth-order valence-electron chi connectivity index (χ4n) is 1.85. The van der Waals surface area contributed by atoms with Crippen molar-refractivity contribution in [2.24, 2.45) is 0 Å². The highest BCUT2D eigenvalue weighted by Crippen LogP contribution is 2.28. The molecule has 6 heteroatoms. The molecule has 1 N–H and O–H groups in total. The number of carbonyl (C=O) groups is 1. The lowest BCUT2D eigenvalue weighted by atomic mass is 9.98. The van der Waals surface area contributed by atoms with Crippen LogP contribution in [0, 0.1) is 5.82 Å². The predicted molar refractivity (Wildman–Crippen MR) is 90.9 cm³/mol. The molecule has 23 heavy (non-hydrogen) atoms. The van der Waals surface area contributed by atoms with E-state index in [0.29, 0.717) is 10.6 Å². The summed E-state index contributed by atoms with van der Waals surface area (Å²) in [7, 11) is 0. The lowest BCUT2D eigenvalue weighted by molar-refractivity contribution is 0.102. The Morgan fingerprint density at radius 1 is 1.35 bits per heavy atom. The fraction of sp³-hybridized carbons (Fsp3) is 0.412. The van der Waals surface area contributed by atoms with E-state index in [1.165, 1.54) is 29.7 Å². The van der Waals surface area contributed by atoms with E-state index in [1.54, 1.807) is 6.07 Å². The molecule has 0 fully saturated rings. The van der Waals surface area contributed by atoms with Gasteiger partial charge in [-0.05, 0) is 26.0 Å². The minimum absolute atomic E-state index is 0.0390. The van der Waals surface area contributed by atoms with E-state index in [2.05, 4.69) is 10.3 Å². The molecule has 1 amide bonds. The summed E-state index contributed by atoms with van der Waals surface area (Å²) >= 11 is 1.31. The molecule has 0 aliphatic carbocycles. The van der Waals surface area contributed by atoms with Crippen LogP contribution < -0.4 is 10.1 Å². The number of nitrogens with zero attached hydrogens (tertiary/aromatic N) is 1. The number of nitrogens with one attached hydrogen (secondary N) is 1. The summed E-state index contributed by atoms with van der Waals surface area (Å²) in [5, 5.41) is 3.44. The van der Waals surface area contributed by atoms with E-state index < -0.39 is 5.82 Å². The van der Waals surface area contributed by atoms with Crippen molar-refractivity contribution < 1.29 is 13.9 Å². The highest BCUT2D eigenvalue weighted by atomic mass is 32.1. The maximum absolute atomic E-state index is 14.1. The quantitative estimate of drug-likeness (QED) is 0.886. The predicted octanol–water partition coefficient (Wildman–Crippen LogP) is 4.62. The second-order valence-corrected chi connectivity index (χ2v) is 7.57. The number of rotatable bonds is 4. The molecule has 0 unspecified atom stereocenters. The summed E-state index contributed by atoms with van der Waals surface area (Å²) in [4.78, 5) is 16.9. The van der Waals surface area contributed by atoms with Crippen LogP contribution in [0.15, 0.2) is 24.4 Å². The van der Waals surface area contributed by atoms with E-state index in [-0.39, 0.29) is 23.1 Å². The SMILES string of the molecule is CC(C)Oc1ccc(NC(=O)c2cnc(C(C)(C)C)s2)c(F)c1. The molecule has 1 heterocycles. The first-order chi connectivity index (χ1) is 10.7. The van der Waals surface area contributed by atoms with E-state index in [1.807, 2.05) is 34.6 Å². The third-order valence-corrected chi connectivity index (χ3v) is 4.35. The zero-order valence-electron chi connectivity index (χ0n) is 13.9. The number of aromatic nitrogens is 1. The fourth-order valence-corrected chi connectivity index (χ4v) is 2.72. The number of carbonyl (C=O) groups excluding carboxylic acids is 1. The highest BCUT2D eigenvalue weighted by molar-refractivity contribution is 7.13. The minimum atomic E-state index is -0.530. The van der Waals surface area contributed by atoms with Crippen molar-refractivity contribution in [3.8, 4) is 5.75 Å². The Morgan fingerprint density at radius 3 is 2.57 bits per heavy atom. The summed E-state index contributed by atoms with van der Waals surface area (Å²) in [6.45, 7) is 9.82. The number of benzene rings is 1. The van der Waals surface area contributed by atoms with Gasteiger partial charge in [0.2, 0.25) is 0 Å². The molecule has 0 bridgehead atoms. The second-order valence-electron chi connectivity index (χ2n) is 6.54. The molecular weight excluding hydrogens is 315 g/mol. The van der Waals surface area contributed by atoms with Crippen molar-refractivity contribution in [2.45, 2.75) is 46.1 Å². The number of hydrogen-bond donors (Lipinski definition) is 1. The number of ether oxygens (including phenoxy) is 1. The summed E-state index contributed by atoms with van der Waals surface area (Å²) in [5.74, 6) is -0.463. The van der Waals surface area contributed by atoms with Gasteiger partial charge < -0.3 is 10.1 Å². The first kappa shape index (κ1) is 17.4. The molecule has 0 aliphatic heterocycles. The van der Waals surface area contributed by atoms with Gasteiger partial charge in [-0.2, -0.15) is 0 Å². The van der Waals surface area contributed by atoms with Gasteiger partial charge in [-0.15, -0.1) is 11.3 Å². The third-order valence-electron chi connectivity index (χ3n) is 2.93. The van der Waals surface area contributed by atoms with Gasteiger partial charge in [0.25, 0.3) is 5.91 Å². The summed E-state index contributed by atoms with van der Waals surface area (Å²) in [6, 6.07) is 4.39. The Kier molecular flexibility index (Phi) is 5.04. The molecule has 0 saturated carbocycles. The normalized spacial score (nSPS) is 11.6. The summed E-state index contributed by atoms with van der Waals surface area (Å²) in [5.41, 5.74) is 0.00130. The Labute approximate surface area is 139 Å². The maximum Gasteiger partial charge on any atom is 0.267 e. The standard InChI is InChI=1S/C17H21FN2O2S/c1-10(2)22-11-6-7-13(12(18)8-11)20-15(21)14-9-19-16(23-14)17(3,4)5/h6-10H,1-5H3,(H,20,21). The van der Waals surface area contributed by atoms with Crippen LogP contribution in [-0.2, 0) is 5.41 Å². The monoisotopic (exact) mass is 336 g/mol. The number of amides is 1.